The minimum atomic E-state index is -3.86. The second-order valence-electron chi connectivity index (χ2n) is 8.78. The van der Waals surface area contributed by atoms with Gasteiger partial charge in [0.15, 0.2) is 5.75 Å². The molecule has 0 saturated heterocycles. The van der Waals surface area contributed by atoms with Crippen molar-refractivity contribution < 1.29 is 22.7 Å². The maximum atomic E-state index is 13.0. The Labute approximate surface area is 196 Å². The van der Waals surface area contributed by atoms with Crippen molar-refractivity contribution in [3.8, 4) is 5.75 Å². The molecule has 2 aromatic heterocycles. The third-order valence-electron chi connectivity index (χ3n) is 5.35. The van der Waals surface area contributed by atoms with E-state index in [-0.39, 0.29) is 33.9 Å². The van der Waals surface area contributed by atoms with E-state index in [9.17, 15) is 18.0 Å². The maximum Gasteiger partial charge on any atom is 0.513 e. The molecule has 0 saturated carbocycles. The van der Waals surface area contributed by atoms with Gasteiger partial charge in [0, 0.05) is 22.8 Å². The van der Waals surface area contributed by atoms with E-state index in [1.54, 1.807) is 49.4 Å². The normalized spacial score (nSPS) is 12.1. The first-order chi connectivity index (χ1) is 16.0. The molecule has 0 atom stereocenters. The summed E-state index contributed by atoms with van der Waals surface area (Å²) in [5, 5.41) is 0.820. The zero-order valence-electron chi connectivity index (χ0n) is 19.2. The van der Waals surface area contributed by atoms with Crippen LogP contribution in [0, 0.1) is 0 Å². The van der Waals surface area contributed by atoms with Gasteiger partial charge in [0.1, 0.15) is 5.52 Å². The van der Waals surface area contributed by atoms with Crippen molar-refractivity contribution >= 4 is 43.7 Å². The van der Waals surface area contributed by atoms with Crippen LogP contribution in [0.1, 0.15) is 33.3 Å². The Balaban J connectivity index is 1.74. The highest BCUT2D eigenvalue weighted by Crippen LogP contribution is 2.32. The summed E-state index contributed by atoms with van der Waals surface area (Å²) in [4.78, 5) is 29.9. The van der Waals surface area contributed by atoms with Crippen LogP contribution in [0.25, 0.3) is 21.8 Å². The molecule has 0 unspecified atom stereocenters. The number of pyridine rings is 1. The summed E-state index contributed by atoms with van der Waals surface area (Å²) in [5.74, 6) is 0.0994. The first-order valence-corrected chi connectivity index (χ1v) is 12.1. The first-order valence-electron chi connectivity index (χ1n) is 10.6. The summed E-state index contributed by atoms with van der Waals surface area (Å²) in [6.07, 6.45) is 0.469. The van der Waals surface area contributed by atoms with Gasteiger partial charge in [-0.1, -0.05) is 32.9 Å². The van der Waals surface area contributed by atoms with Crippen molar-refractivity contribution in [1.29, 1.82) is 0 Å². The van der Waals surface area contributed by atoms with Crippen molar-refractivity contribution in [1.82, 2.24) is 9.97 Å². The maximum absolute atomic E-state index is 13.0. The lowest BCUT2D eigenvalue weighted by molar-refractivity contribution is 0.105. The van der Waals surface area contributed by atoms with Crippen LogP contribution in [0.2, 0.25) is 0 Å². The van der Waals surface area contributed by atoms with E-state index in [1.165, 1.54) is 6.20 Å². The Morgan fingerprint density at radius 3 is 2.44 bits per heavy atom. The fourth-order valence-electron chi connectivity index (χ4n) is 3.63. The summed E-state index contributed by atoms with van der Waals surface area (Å²) >= 11 is 0. The van der Waals surface area contributed by atoms with E-state index >= 15 is 0 Å². The number of benzene rings is 2. The third-order valence-corrected chi connectivity index (χ3v) is 6.74. The molecule has 4 rings (SSSR count). The molecule has 0 spiro atoms. The fourth-order valence-corrected chi connectivity index (χ4v) is 4.68. The molecule has 178 valence electrons. The number of H-pyrrole nitrogens is 2. The van der Waals surface area contributed by atoms with Crippen LogP contribution in [-0.2, 0) is 20.2 Å². The Bertz CT molecular complexity index is 1540. The number of hydrogen-bond acceptors (Lipinski definition) is 6. The molecule has 9 nitrogen and oxygen atoms in total. The van der Waals surface area contributed by atoms with Crippen molar-refractivity contribution in [2.45, 2.75) is 38.0 Å². The van der Waals surface area contributed by atoms with E-state index in [0.717, 1.165) is 5.56 Å². The number of nitrogens with one attached hydrogen (secondary N) is 3. The number of carbonyl (C=O) groups excluding carboxylic acids is 1. The molecule has 10 heteroatoms. The van der Waals surface area contributed by atoms with Crippen LogP contribution in [0.15, 0.2) is 58.4 Å². The zero-order chi connectivity index (χ0) is 24.7. The molecule has 34 heavy (non-hydrogen) atoms. The molecule has 0 bridgehead atoms. The summed E-state index contributed by atoms with van der Waals surface area (Å²) in [5.41, 5.74) is 1.42. The van der Waals surface area contributed by atoms with E-state index in [4.69, 9.17) is 9.47 Å². The zero-order valence-corrected chi connectivity index (χ0v) is 20.0. The third kappa shape index (κ3) is 4.49. The van der Waals surface area contributed by atoms with E-state index in [2.05, 4.69) is 35.5 Å². The van der Waals surface area contributed by atoms with Gasteiger partial charge in [-0.2, -0.15) is 0 Å². The smallest absolute Gasteiger partial charge is 0.434 e. The molecule has 0 aliphatic heterocycles. The number of ether oxygens (including phenoxy) is 2. The minimum absolute atomic E-state index is 0.0994. The Kier molecular flexibility index (Phi) is 5.86. The van der Waals surface area contributed by atoms with Crippen LogP contribution >= 0.6 is 0 Å². The highest BCUT2D eigenvalue weighted by atomic mass is 32.2. The molecule has 4 aromatic rings. The van der Waals surface area contributed by atoms with Crippen molar-refractivity contribution in [2.24, 2.45) is 0 Å². The van der Waals surface area contributed by atoms with E-state index in [1.807, 2.05) is 0 Å². The number of aromatic nitrogens is 2. The molecule has 2 aromatic carbocycles. The van der Waals surface area contributed by atoms with Gasteiger partial charge in [0.2, 0.25) is 0 Å². The fraction of sp³-hybridized carbons (Fsp3) is 0.250. The average Bonchev–Trinajstić information content (AvgIpc) is 3.18. The Morgan fingerprint density at radius 1 is 1.09 bits per heavy atom. The molecule has 0 fully saturated rings. The SMILES string of the molecule is CCOC(=O)Oc1c[nH]c2c(=O)[nH]c3ccc(NS(=O)(=O)c4ccc(C(C)(C)C)cc4)cc3c12. The van der Waals surface area contributed by atoms with Crippen LogP contribution in [-0.4, -0.2) is 31.1 Å². The van der Waals surface area contributed by atoms with E-state index < -0.39 is 21.7 Å². The summed E-state index contributed by atoms with van der Waals surface area (Å²) in [6, 6.07) is 11.4. The monoisotopic (exact) mass is 483 g/mol. The van der Waals surface area contributed by atoms with Crippen molar-refractivity contribution in [2.75, 3.05) is 11.3 Å². The molecule has 3 N–H and O–H groups in total. The number of fused-ring (bicyclic) bond motifs is 3. The molecular formula is C24H25N3O6S. The quantitative estimate of drug-likeness (QED) is 0.355. The second-order valence-corrected chi connectivity index (χ2v) is 10.5. The lowest BCUT2D eigenvalue weighted by atomic mass is 9.87. The molecular weight excluding hydrogens is 458 g/mol. The lowest BCUT2D eigenvalue weighted by Crippen LogP contribution is -2.15. The highest BCUT2D eigenvalue weighted by Gasteiger charge is 2.20. The van der Waals surface area contributed by atoms with Gasteiger partial charge in [-0.15, -0.1) is 0 Å². The first kappa shape index (κ1) is 23.4. The largest absolute Gasteiger partial charge is 0.513 e. The average molecular weight is 484 g/mol. The highest BCUT2D eigenvalue weighted by molar-refractivity contribution is 7.92. The molecule has 0 aliphatic rings. The second kappa shape index (κ2) is 8.53. The molecule has 0 radical (unpaired) electrons. The van der Waals surface area contributed by atoms with E-state index in [0.29, 0.717) is 16.3 Å². The van der Waals surface area contributed by atoms with Crippen LogP contribution in [0.4, 0.5) is 10.5 Å². The van der Waals surface area contributed by atoms with Gasteiger partial charge in [0.05, 0.1) is 16.9 Å². The Morgan fingerprint density at radius 2 is 1.79 bits per heavy atom. The minimum Gasteiger partial charge on any atom is -0.434 e. The number of aromatic amines is 2. The molecule has 0 amide bonds. The van der Waals surface area contributed by atoms with Crippen molar-refractivity contribution in [3.63, 3.8) is 0 Å². The summed E-state index contributed by atoms with van der Waals surface area (Å²) < 4.78 is 38.6. The van der Waals surface area contributed by atoms with Crippen LogP contribution in [0.3, 0.4) is 0 Å². The molecule has 2 heterocycles. The standard InChI is InChI=1S/C24H25N3O6S/c1-5-32-23(29)33-19-13-25-21-20(19)17-12-15(8-11-18(17)26-22(21)28)27-34(30,31)16-9-6-14(7-10-16)24(2,3)4/h6-13,25,27H,5H2,1-4H3,(H,26,28). The molecule has 0 aliphatic carbocycles. The number of rotatable bonds is 5. The van der Waals surface area contributed by atoms with Gasteiger partial charge < -0.3 is 19.4 Å². The van der Waals surface area contributed by atoms with Crippen LogP contribution < -0.4 is 15.0 Å². The van der Waals surface area contributed by atoms with Gasteiger partial charge in [-0.3, -0.25) is 9.52 Å². The number of hydrogen-bond donors (Lipinski definition) is 3. The topological polar surface area (TPSA) is 130 Å². The van der Waals surface area contributed by atoms with Gasteiger partial charge >= 0.3 is 6.16 Å². The van der Waals surface area contributed by atoms with Gasteiger partial charge in [-0.05, 0) is 48.2 Å². The lowest BCUT2D eigenvalue weighted by Gasteiger charge is -2.19. The van der Waals surface area contributed by atoms with Gasteiger partial charge in [-0.25, -0.2) is 13.2 Å². The number of anilines is 1. The summed E-state index contributed by atoms with van der Waals surface area (Å²) in [7, 11) is -3.86. The van der Waals surface area contributed by atoms with Gasteiger partial charge in [0.25, 0.3) is 15.6 Å². The summed E-state index contributed by atoms with van der Waals surface area (Å²) in [6.45, 7) is 7.93. The number of carbonyl (C=O) groups is 1. The van der Waals surface area contributed by atoms with Crippen molar-refractivity contribution in [3.05, 3.63) is 64.6 Å². The van der Waals surface area contributed by atoms with Crippen LogP contribution in [0.5, 0.6) is 5.75 Å². The Hall–Kier alpha value is -3.79. The predicted octanol–water partition coefficient (Wildman–Crippen LogP) is 4.64. The number of sulfonamides is 1. The predicted molar refractivity (Wildman–Crippen MR) is 130 cm³/mol.